The zero-order valence-corrected chi connectivity index (χ0v) is 10.9. The number of ether oxygens (including phenoxy) is 1. The van der Waals surface area contributed by atoms with Gasteiger partial charge >= 0.3 is 0 Å². The maximum atomic E-state index is 5.37. The maximum absolute atomic E-state index is 5.37. The topological polar surface area (TPSA) is 24.5 Å². The molecule has 2 aliphatic heterocycles. The molecule has 1 aromatic carbocycles. The molecule has 1 fully saturated rings. The van der Waals surface area contributed by atoms with Crippen molar-refractivity contribution in [3.05, 3.63) is 35.4 Å². The van der Waals surface area contributed by atoms with Crippen LogP contribution in [0.5, 0.6) is 0 Å². The van der Waals surface area contributed by atoms with E-state index in [1.807, 2.05) is 0 Å². The highest BCUT2D eigenvalue weighted by molar-refractivity contribution is 5.30. The summed E-state index contributed by atoms with van der Waals surface area (Å²) in [5, 5.41) is 3.65. The number of nitrogens with zero attached hydrogens (tertiary/aromatic N) is 1. The summed E-state index contributed by atoms with van der Waals surface area (Å²) in [7, 11) is 0. The van der Waals surface area contributed by atoms with E-state index in [2.05, 4.69) is 34.5 Å². The number of rotatable bonds is 4. The van der Waals surface area contributed by atoms with Crippen molar-refractivity contribution in [3.63, 3.8) is 0 Å². The molecule has 3 nitrogen and oxygen atoms in total. The summed E-state index contributed by atoms with van der Waals surface area (Å²) in [6.45, 7) is 6.32. The highest BCUT2D eigenvalue weighted by Gasteiger charge is 2.18. The van der Waals surface area contributed by atoms with Crippen molar-refractivity contribution in [2.24, 2.45) is 0 Å². The summed E-state index contributed by atoms with van der Waals surface area (Å²) in [5.41, 5.74) is 3.01. The molecular formula is C15H22N2O. The van der Waals surface area contributed by atoms with Gasteiger partial charge in [0.05, 0.1) is 0 Å². The van der Waals surface area contributed by atoms with Gasteiger partial charge in [-0.1, -0.05) is 24.3 Å². The van der Waals surface area contributed by atoms with E-state index in [0.29, 0.717) is 6.04 Å². The SMILES string of the molecule is c1ccc2c(c1)CN(CCNC1CCOCC1)C2. The van der Waals surface area contributed by atoms with Crippen molar-refractivity contribution in [1.29, 1.82) is 0 Å². The first-order chi connectivity index (χ1) is 8.92. The molecule has 2 aliphatic rings. The standard InChI is InChI=1S/C15H22N2O/c1-2-4-14-12-17(11-13(14)3-1)8-7-16-15-5-9-18-10-6-15/h1-4,15-16H,5-12H2. The molecule has 0 bridgehead atoms. The zero-order chi connectivity index (χ0) is 12.2. The molecular weight excluding hydrogens is 224 g/mol. The monoisotopic (exact) mass is 246 g/mol. The Hall–Kier alpha value is -0.900. The minimum absolute atomic E-state index is 0.670. The Labute approximate surface area is 109 Å². The third kappa shape index (κ3) is 2.91. The van der Waals surface area contributed by atoms with E-state index in [-0.39, 0.29) is 0 Å². The van der Waals surface area contributed by atoms with Crippen LogP contribution in [0.1, 0.15) is 24.0 Å². The van der Waals surface area contributed by atoms with E-state index in [4.69, 9.17) is 4.74 Å². The fourth-order valence-corrected chi connectivity index (χ4v) is 2.89. The second kappa shape index (κ2) is 5.83. The zero-order valence-electron chi connectivity index (χ0n) is 10.9. The molecule has 0 aliphatic carbocycles. The second-order valence-electron chi connectivity index (χ2n) is 5.32. The predicted octanol–water partition coefficient (Wildman–Crippen LogP) is 1.77. The number of fused-ring (bicyclic) bond motifs is 1. The van der Waals surface area contributed by atoms with Crippen molar-refractivity contribution in [2.45, 2.75) is 32.0 Å². The molecule has 3 rings (SSSR count). The van der Waals surface area contributed by atoms with Gasteiger partial charge in [-0.2, -0.15) is 0 Å². The Bertz CT molecular complexity index is 363. The fraction of sp³-hybridized carbons (Fsp3) is 0.600. The molecule has 1 N–H and O–H groups in total. The molecule has 2 heterocycles. The minimum atomic E-state index is 0.670. The second-order valence-corrected chi connectivity index (χ2v) is 5.32. The highest BCUT2D eigenvalue weighted by Crippen LogP contribution is 2.21. The highest BCUT2D eigenvalue weighted by atomic mass is 16.5. The Balaban J connectivity index is 1.40. The van der Waals surface area contributed by atoms with Gasteiger partial charge in [0.2, 0.25) is 0 Å². The largest absolute Gasteiger partial charge is 0.381 e. The lowest BCUT2D eigenvalue weighted by Crippen LogP contribution is -2.38. The first-order valence-corrected chi connectivity index (χ1v) is 7.02. The van der Waals surface area contributed by atoms with Crippen LogP contribution >= 0.6 is 0 Å². The van der Waals surface area contributed by atoms with Gasteiger partial charge in [-0.3, -0.25) is 4.90 Å². The average molecular weight is 246 g/mol. The van der Waals surface area contributed by atoms with Gasteiger partial charge in [-0.25, -0.2) is 0 Å². The van der Waals surface area contributed by atoms with E-state index in [1.165, 1.54) is 24.0 Å². The molecule has 0 amide bonds. The summed E-state index contributed by atoms with van der Waals surface area (Å²) in [6.07, 6.45) is 2.33. The van der Waals surface area contributed by atoms with Gasteiger partial charge in [0, 0.05) is 45.4 Å². The van der Waals surface area contributed by atoms with Crippen LogP contribution in [0.4, 0.5) is 0 Å². The summed E-state index contributed by atoms with van der Waals surface area (Å²) < 4.78 is 5.37. The summed E-state index contributed by atoms with van der Waals surface area (Å²) in [5.74, 6) is 0. The number of nitrogens with one attached hydrogen (secondary N) is 1. The van der Waals surface area contributed by atoms with Gasteiger partial charge in [-0.05, 0) is 24.0 Å². The lowest BCUT2D eigenvalue weighted by atomic mass is 10.1. The molecule has 18 heavy (non-hydrogen) atoms. The molecule has 1 saturated heterocycles. The first-order valence-electron chi connectivity index (χ1n) is 7.02. The molecule has 0 radical (unpaired) electrons. The van der Waals surface area contributed by atoms with E-state index < -0.39 is 0 Å². The van der Waals surface area contributed by atoms with Crippen LogP contribution in [-0.2, 0) is 17.8 Å². The Morgan fingerprint density at radius 1 is 1.11 bits per heavy atom. The molecule has 0 unspecified atom stereocenters. The molecule has 0 atom stereocenters. The fourth-order valence-electron chi connectivity index (χ4n) is 2.89. The molecule has 1 aromatic rings. The summed E-state index contributed by atoms with van der Waals surface area (Å²) >= 11 is 0. The molecule has 3 heteroatoms. The molecule has 0 saturated carbocycles. The van der Waals surface area contributed by atoms with Gasteiger partial charge in [-0.15, -0.1) is 0 Å². The Morgan fingerprint density at radius 2 is 1.78 bits per heavy atom. The Kier molecular flexibility index (Phi) is 3.93. The van der Waals surface area contributed by atoms with Crippen molar-refractivity contribution in [3.8, 4) is 0 Å². The van der Waals surface area contributed by atoms with Crippen molar-refractivity contribution in [1.82, 2.24) is 10.2 Å². The van der Waals surface area contributed by atoms with Crippen molar-refractivity contribution < 1.29 is 4.74 Å². The summed E-state index contributed by atoms with van der Waals surface area (Å²) in [6, 6.07) is 9.46. The molecule has 0 aromatic heterocycles. The normalized spacial score (nSPS) is 21.1. The van der Waals surface area contributed by atoms with Crippen LogP contribution in [0.2, 0.25) is 0 Å². The third-order valence-corrected chi connectivity index (χ3v) is 3.99. The lowest BCUT2D eigenvalue weighted by Gasteiger charge is -2.24. The van der Waals surface area contributed by atoms with Gasteiger partial charge < -0.3 is 10.1 Å². The van der Waals surface area contributed by atoms with E-state index in [1.54, 1.807) is 0 Å². The first kappa shape index (κ1) is 12.2. The Morgan fingerprint density at radius 3 is 2.44 bits per heavy atom. The lowest BCUT2D eigenvalue weighted by molar-refractivity contribution is 0.0772. The van der Waals surface area contributed by atoms with Crippen molar-refractivity contribution >= 4 is 0 Å². The summed E-state index contributed by atoms with van der Waals surface area (Å²) in [4.78, 5) is 2.52. The average Bonchev–Trinajstić information content (AvgIpc) is 2.82. The predicted molar refractivity (Wildman–Crippen MR) is 72.4 cm³/mol. The van der Waals surface area contributed by atoms with Crippen LogP contribution in [-0.4, -0.2) is 37.2 Å². The molecule has 0 spiro atoms. The quantitative estimate of drug-likeness (QED) is 0.876. The van der Waals surface area contributed by atoms with Crippen LogP contribution in [0.15, 0.2) is 24.3 Å². The van der Waals surface area contributed by atoms with Gasteiger partial charge in [0.1, 0.15) is 0 Å². The third-order valence-electron chi connectivity index (χ3n) is 3.99. The van der Waals surface area contributed by atoms with Crippen LogP contribution < -0.4 is 5.32 Å². The van der Waals surface area contributed by atoms with E-state index in [0.717, 1.165) is 39.4 Å². The molecule has 98 valence electrons. The number of hydrogen-bond acceptors (Lipinski definition) is 3. The number of hydrogen-bond donors (Lipinski definition) is 1. The van der Waals surface area contributed by atoms with E-state index >= 15 is 0 Å². The smallest absolute Gasteiger partial charge is 0.0480 e. The van der Waals surface area contributed by atoms with Crippen LogP contribution in [0.3, 0.4) is 0 Å². The van der Waals surface area contributed by atoms with Gasteiger partial charge in [0.25, 0.3) is 0 Å². The van der Waals surface area contributed by atoms with Gasteiger partial charge in [0.15, 0.2) is 0 Å². The maximum Gasteiger partial charge on any atom is 0.0480 e. The van der Waals surface area contributed by atoms with Crippen molar-refractivity contribution in [2.75, 3.05) is 26.3 Å². The van der Waals surface area contributed by atoms with Crippen LogP contribution in [0, 0.1) is 0 Å². The van der Waals surface area contributed by atoms with Crippen LogP contribution in [0.25, 0.3) is 0 Å². The minimum Gasteiger partial charge on any atom is -0.381 e. The van der Waals surface area contributed by atoms with E-state index in [9.17, 15) is 0 Å². The number of benzene rings is 1.